The zero-order chi connectivity index (χ0) is 17.6. The highest BCUT2D eigenvalue weighted by molar-refractivity contribution is 5.91. The summed E-state index contributed by atoms with van der Waals surface area (Å²) in [6.07, 6.45) is 1.22. The first kappa shape index (κ1) is 16.8. The normalized spacial score (nSPS) is 11.9. The number of carbonyl (C=O) groups is 1. The van der Waals surface area contributed by atoms with E-state index in [2.05, 4.69) is 15.6 Å². The molecule has 25 heavy (non-hydrogen) atoms. The van der Waals surface area contributed by atoms with Crippen molar-refractivity contribution in [2.24, 2.45) is 0 Å². The van der Waals surface area contributed by atoms with Crippen molar-refractivity contribution in [2.75, 3.05) is 6.54 Å². The number of aromatic nitrogens is 3. The van der Waals surface area contributed by atoms with Crippen LogP contribution in [-0.2, 0) is 0 Å². The Kier molecular flexibility index (Phi) is 5.15. The molecule has 1 atom stereocenters. The van der Waals surface area contributed by atoms with Gasteiger partial charge in [-0.15, -0.1) is 5.10 Å². The van der Waals surface area contributed by atoms with Crippen LogP contribution >= 0.6 is 0 Å². The number of aliphatic hydroxyl groups excluding tert-OH is 1. The average molecular weight is 340 g/mol. The molecule has 0 radical (unpaired) electrons. The molecule has 0 saturated heterocycles. The highest BCUT2D eigenvalue weighted by atomic mass is 19.1. The van der Waals surface area contributed by atoms with E-state index in [0.29, 0.717) is 18.7 Å². The van der Waals surface area contributed by atoms with Crippen LogP contribution in [0.25, 0.3) is 5.69 Å². The highest BCUT2D eigenvalue weighted by Gasteiger charge is 2.13. The Morgan fingerprint density at radius 3 is 2.60 bits per heavy atom. The van der Waals surface area contributed by atoms with Crippen LogP contribution in [0.2, 0.25) is 0 Å². The van der Waals surface area contributed by atoms with Crippen molar-refractivity contribution in [2.45, 2.75) is 12.5 Å². The molecule has 0 bridgehead atoms. The first-order valence-electron chi connectivity index (χ1n) is 7.83. The fraction of sp³-hybridized carbons (Fsp3) is 0.167. The largest absolute Gasteiger partial charge is 0.388 e. The first-order chi connectivity index (χ1) is 12.1. The Bertz CT molecular complexity index is 834. The summed E-state index contributed by atoms with van der Waals surface area (Å²) in [5.74, 6) is -0.729. The van der Waals surface area contributed by atoms with E-state index in [1.54, 1.807) is 12.1 Å². The molecule has 2 N–H and O–H groups in total. The van der Waals surface area contributed by atoms with Gasteiger partial charge in [-0.25, -0.2) is 9.07 Å². The van der Waals surface area contributed by atoms with Crippen molar-refractivity contribution in [3.8, 4) is 5.69 Å². The van der Waals surface area contributed by atoms with Crippen molar-refractivity contribution in [1.82, 2.24) is 20.3 Å². The molecule has 0 aliphatic rings. The van der Waals surface area contributed by atoms with E-state index >= 15 is 0 Å². The molecule has 3 rings (SSSR count). The van der Waals surface area contributed by atoms with Crippen LogP contribution < -0.4 is 5.32 Å². The zero-order valence-electron chi connectivity index (χ0n) is 13.3. The lowest BCUT2D eigenvalue weighted by atomic mass is 10.1. The zero-order valence-corrected chi connectivity index (χ0v) is 13.3. The molecule has 1 heterocycles. The fourth-order valence-corrected chi connectivity index (χ4v) is 2.34. The monoisotopic (exact) mass is 340 g/mol. The molecule has 2 aromatic carbocycles. The minimum absolute atomic E-state index is 0.151. The third-order valence-electron chi connectivity index (χ3n) is 3.70. The number of nitrogens with one attached hydrogen (secondary N) is 1. The number of hydrogen-bond donors (Lipinski definition) is 2. The van der Waals surface area contributed by atoms with Crippen LogP contribution in [0, 0.1) is 5.82 Å². The summed E-state index contributed by atoms with van der Waals surface area (Å²) in [4.78, 5) is 12.1. The van der Waals surface area contributed by atoms with Gasteiger partial charge in [-0.2, -0.15) is 0 Å². The number of aliphatic hydroxyl groups is 1. The Morgan fingerprint density at radius 2 is 1.88 bits per heavy atom. The summed E-state index contributed by atoms with van der Waals surface area (Å²) in [5, 5.41) is 20.4. The maximum Gasteiger partial charge on any atom is 0.273 e. The highest BCUT2D eigenvalue weighted by Crippen LogP contribution is 2.15. The van der Waals surface area contributed by atoms with Gasteiger partial charge in [-0.1, -0.05) is 35.5 Å². The molecule has 0 saturated carbocycles. The minimum atomic E-state index is -0.642. The summed E-state index contributed by atoms with van der Waals surface area (Å²) < 4.78 is 14.3. The lowest BCUT2D eigenvalue weighted by Gasteiger charge is -2.10. The van der Waals surface area contributed by atoms with E-state index in [9.17, 15) is 14.3 Å². The molecular weight excluding hydrogens is 323 g/mol. The quantitative estimate of drug-likeness (QED) is 0.721. The van der Waals surface area contributed by atoms with E-state index in [1.165, 1.54) is 23.0 Å². The predicted molar refractivity (Wildman–Crippen MR) is 89.7 cm³/mol. The predicted octanol–water partition coefficient (Wildman–Crippen LogP) is 2.26. The van der Waals surface area contributed by atoms with Crippen molar-refractivity contribution >= 4 is 5.91 Å². The molecule has 6 nitrogen and oxygen atoms in total. The molecule has 128 valence electrons. The van der Waals surface area contributed by atoms with Gasteiger partial charge < -0.3 is 10.4 Å². The molecule has 3 aromatic rings. The van der Waals surface area contributed by atoms with E-state index < -0.39 is 6.10 Å². The number of hydrogen-bond acceptors (Lipinski definition) is 4. The van der Waals surface area contributed by atoms with Gasteiger partial charge in [0.15, 0.2) is 5.69 Å². The second-order valence-corrected chi connectivity index (χ2v) is 5.50. The van der Waals surface area contributed by atoms with Crippen LogP contribution in [0.15, 0.2) is 60.8 Å². The Morgan fingerprint density at radius 1 is 1.16 bits per heavy atom. The molecule has 1 amide bonds. The van der Waals surface area contributed by atoms with Crippen LogP contribution in [0.3, 0.4) is 0 Å². The number of carbonyl (C=O) groups excluding carboxylic acids is 1. The maximum atomic E-state index is 12.9. The minimum Gasteiger partial charge on any atom is -0.388 e. The molecule has 0 aliphatic carbocycles. The lowest BCUT2D eigenvalue weighted by molar-refractivity contribution is 0.0937. The Hall–Kier alpha value is -3.06. The van der Waals surface area contributed by atoms with Gasteiger partial charge in [0.25, 0.3) is 5.91 Å². The van der Waals surface area contributed by atoms with Crippen LogP contribution in [-0.4, -0.2) is 32.6 Å². The summed E-state index contributed by atoms with van der Waals surface area (Å²) in [7, 11) is 0. The summed E-state index contributed by atoms with van der Waals surface area (Å²) >= 11 is 0. The van der Waals surface area contributed by atoms with Crippen molar-refractivity contribution in [3.63, 3.8) is 0 Å². The summed E-state index contributed by atoms with van der Waals surface area (Å²) in [6.45, 7) is 0.304. The van der Waals surface area contributed by atoms with Gasteiger partial charge in [-0.3, -0.25) is 4.79 Å². The summed E-state index contributed by atoms with van der Waals surface area (Å²) in [5.41, 5.74) is 1.56. The Balaban J connectivity index is 1.54. The van der Waals surface area contributed by atoms with Crippen LogP contribution in [0.5, 0.6) is 0 Å². The van der Waals surface area contributed by atoms with Crippen LogP contribution in [0.4, 0.5) is 4.39 Å². The topological polar surface area (TPSA) is 80.0 Å². The second-order valence-electron chi connectivity index (χ2n) is 5.50. The fourth-order valence-electron chi connectivity index (χ4n) is 2.34. The van der Waals surface area contributed by atoms with E-state index in [-0.39, 0.29) is 17.4 Å². The van der Waals surface area contributed by atoms with Crippen LogP contribution in [0.1, 0.15) is 28.6 Å². The molecule has 0 aliphatic heterocycles. The third-order valence-corrected chi connectivity index (χ3v) is 3.70. The van der Waals surface area contributed by atoms with Crippen molar-refractivity contribution in [3.05, 3.63) is 77.9 Å². The van der Waals surface area contributed by atoms with Gasteiger partial charge in [0.2, 0.25) is 0 Å². The van der Waals surface area contributed by atoms with Crippen molar-refractivity contribution in [1.29, 1.82) is 0 Å². The van der Waals surface area contributed by atoms with Gasteiger partial charge in [0.1, 0.15) is 5.82 Å². The molecule has 1 unspecified atom stereocenters. The number of benzene rings is 2. The molecule has 7 heteroatoms. The standard InChI is InChI=1S/C18H17FN4O2/c19-14-6-8-15(9-7-14)23-12-16(21-22-23)18(25)20-11-10-17(24)13-4-2-1-3-5-13/h1-9,12,17,24H,10-11H2,(H,20,25). The van der Waals surface area contributed by atoms with Gasteiger partial charge in [0.05, 0.1) is 18.0 Å². The number of amides is 1. The maximum absolute atomic E-state index is 12.9. The van der Waals surface area contributed by atoms with Gasteiger partial charge in [0, 0.05) is 6.54 Å². The number of rotatable bonds is 6. The second kappa shape index (κ2) is 7.67. The number of nitrogens with zero attached hydrogens (tertiary/aromatic N) is 3. The Labute approximate surface area is 143 Å². The van der Waals surface area contributed by atoms with E-state index in [4.69, 9.17) is 0 Å². The van der Waals surface area contributed by atoms with Crippen molar-refractivity contribution < 1.29 is 14.3 Å². The molecule has 1 aromatic heterocycles. The third kappa shape index (κ3) is 4.27. The van der Waals surface area contributed by atoms with E-state index in [1.807, 2.05) is 30.3 Å². The van der Waals surface area contributed by atoms with Gasteiger partial charge in [-0.05, 0) is 36.2 Å². The SMILES string of the molecule is O=C(NCCC(O)c1ccccc1)c1cn(-c2ccc(F)cc2)nn1. The summed E-state index contributed by atoms with van der Waals surface area (Å²) in [6, 6.07) is 15.0. The van der Waals surface area contributed by atoms with E-state index in [0.717, 1.165) is 5.56 Å². The molecule has 0 spiro atoms. The first-order valence-corrected chi connectivity index (χ1v) is 7.83. The lowest BCUT2D eigenvalue weighted by Crippen LogP contribution is -2.26. The molecular formula is C18H17FN4O2. The average Bonchev–Trinajstić information content (AvgIpc) is 3.13. The van der Waals surface area contributed by atoms with Gasteiger partial charge >= 0.3 is 0 Å². The smallest absolute Gasteiger partial charge is 0.273 e. The molecule has 0 fully saturated rings. The number of halogens is 1.